The summed E-state index contributed by atoms with van der Waals surface area (Å²) < 4.78 is 0. The number of aryl methyl sites for hydroxylation is 1. The first kappa shape index (κ1) is 8.83. The van der Waals surface area contributed by atoms with Crippen LogP contribution in [0, 0.1) is 6.92 Å². The van der Waals surface area contributed by atoms with E-state index in [9.17, 15) is 0 Å². The Bertz CT molecular complexity index is 420. The first-order valence-corrected chi connectivity index (χ1v) is 4.33. The number of aromatic nitrogens is 4. The summed E-state index contributed by atoms with van der Waals surface area (Å²) in [5.41, 5.74) is 9.36. The monoisotopic (exact) mass is 189 g/mol. The summed E-state index contributed by atoms with van der Waals surface area (Å²) in [6.07, 6.45) is 3.07. The van der Waals surface area contributed by atoms with Gasteiger partial charge in [0.25, 0.3) is 0 Å². The highest BCUT2D eigenvalue weighted by atomic mass is 15.1. The highest BCUT2D eigenvalue weighted by molar-refractivity contribution is 5.55. The second-order valence-corrected chi connectivity index (χ2v) is 3.03. The molecule has 0 atom stereocenters. The highest BCUT2D eigenvalue weighted by Crippen LogP contribution is 2.17. The third kappa shape index (κ3) is 1.49. The number of H-pyrrole nitrogens is 1. The molecule has 0 spiro atoms. The minimum Gasteiger partial charge on any atom is -0.357 e. The molecular weight excluding hydrogens is 178 g/mol. The Hall–Kier alpha value is -1.75. The number of nitrogens with one attached hydrogen (secondary N) is 1. The second-order valence-electron chi connectivity index (χ2n) is 3.03. The van der Waals surface area contributed by atoms with Crippen molar-refractivity contribution < 1.29 is 0 Å². The predicted molar refractivity (Wildman–Crippen MR) is 52.2 cm³/mol. The molecule has 0 aliphatic carbocycles. The molecule has 0 unspecified atom stereocenters. The molecule has 0 radical (unpaired) electrons. The van der Waals surface area contributed by atoms with E-state index < -0.39 is 0 Å². The lowest BCUT2D eigenvalue weighted by molar-refractivity contribution is 0.970. The van der Waals surface area contributed by atoms with E-state index in [1.54, 1.807) is 6.20 Å². The van der Waals surface area contributed by atoms with E-state index in [0.29, 0.717) is 6.54 Å². The van der Waals surface area contributed by atoms with E-state index in [0.717, 1.165) is 22.6 Å². The molecule has 2 aromatic heterocycles. The van der Waals surface area contributed by atoms with E-state index in [1.165, 1.54) is 6.33 Å². The summed E-state index contributed by atoms with van der Waals surface area (Å²) in [5.74, 6) is 0. The van der Waals surface area contributed by atoms with Gasteiger partial charge in [0, 0.05) is 12.2 Å². The number of nitrogens with zero attached hydrogens (tertiary/aromatic N) is 3. The van der Waals surface area contributed by atoms with Crippen molar-refractivity contribution >= 4 is 0 Å². The van der Waals surface area contributed by atoms with E-state index in [4.69, 9.17) is 5.73 Å². The number of rotatable bonds is 2. The molecule has 0 amide bonds. The fourth-order valence-electron chi connectivity index (χ4n) is 1.32. The van der Waals surface area contributed by atoms with Gasteiger partial charge in [0.2, 0.25) is 0 Å². The van der Waals surface area contributed by atoms with Gasteiger partial charge < -0.3 is 10.7 Å². The molecule has 2 rings (SSSR count). The van der Waals surface area contributed by atoms with Gasteiger partial charge in [-0.2, -0.15) is 0 Å². The third-order valence-electron chi connectivity index (χ3n) is 2.10. The Labute approximate surface area is 81.4 Å². The number of hydrogen-bond donors (Lipinski definition) is 2. The van der Waals surface area contributed by atoms with Crippen LogP contribution in [0.3, 0.4) is 0 Å². The molecule has 5 heteroatoms. The normalized spacial score (nSPS) is 10.4. The lowest BCUT2D eigenvalue weighted by Gasteiger charge is -1.92. The van der Waals surface area contributed by atoms with Crippen molar-refractivity contribution in [3.05, 3.63) is 29.8 Å². The summed E-state index contributed by atoms with van der Waals surface area (Å²) in [6.45, 7) is 2.51. The van der Waals surface area contributed by atoms with Gasteiger partial charge in [-0.05, 0) is 18.6 Å². The van der Waals surface area contributed by atoms with Crippen LogP contribution in [-0.4, -0.2) is 20.2 Å². The van der Waals surface area contributed by atoms with Crippen molar-refractivity contribution in [3.8, 4) is 11.4 Å². The topological polar surface area (TPSA) is 80.5 Å². The van der Waals surface area contributed by atoms with E-state index in [1.807, 2.05) is 13.0 Å². The minimum absolute atomic E-state index is 0.524. The maximum atomic E-state index is 5.57. The molecule has 2 aromatic rings. The minimum atomic E-state index is 0.524. The molecule has 5 nitrogen and oxygen atoms in total. The predicted octanol–water partition coefficient (Wildman–Crippen LogP) is 0.634. The van der Waals surface area contributed by atoms with E-state index in [2.05, 4.69) is 20.2 Å². The molecule has 0 fully saturated rings. The van der Waals surface area contributed by atoms with Gasteiger partial charge in [0.1, 0.15) is 12.0 Å². The third-order valence-corrected chi connectivity index (χ3v) is 2.10. The van der Waals surface area contributed by atoms with E-state index >= 15 is 0 Å². The first-order chi connectivity index (χ1) is 6.81. The lowest BCUT2D eigenvalue weighted by atomic mass is 10.2. The average Bonchev–Trinajstić information content (AvgIpc) is 2.61. The SMILES string of the molecule is Cc1[nH]c(-c2cncnn2)cc1CN. The molecule has 0 aromatic carbocycles. The molecule has 0 aliphatic rings. The van der Waals surface area contributed by atoms with Crippen LogP contribution in [0.5, 0.6) is 0 Å². The fraction of sp³-hybridized carbons (Fsp3) is 0.222. The van der Waals surface area contributed by atoms with Crippen molar-refractivity contribution in [2.45, 2.75) is 13.5 Å². The standard InChI is InChI=1S/C9H11N5/c1-6-7(3-10)2-8(13-6)9-4-11-5-12-14-9/h2,4-5,13H,3,10H2,1H3. The van der Waals surface area contributed by atoms with Gasteiger partial charge >= 0.3 is 0 Å². The van der Waals surface area contributed by atoms with Gasteiger partial charge in [0.15, 0.2) is 0 Å². The zero-order valence-corrected chi connectivity index (χ0v) is 7.86. The Morgan fingerprint density at radius 3 is 2.93 bits per heavy atom. The van der Waals surface area contributed by atoms with Crippen LogP contribution < -0.4 is 5.73 Å². The summed E-state index contributed by atoms with van der Waals surface area (Å²) >= 11 is 0. The maximum Gasteiger partial charge on any atom is 0.138 e. The Morgan fingerprint density at radius 2 is 2.36 bits per heavy atom. The molecule has 0 aliphatic heterocycles. The molecule has 14 heavy (non-hydrogen) atoms. The number of aromatic amines is 1. The van der Waals surface area contributed by atoms with Gasteiger partial charge in [-0.3, -0.25) is 0 Å². The van der Waals surface area contributed by atoms with Gasteiger partial charge in [0.05, 0.1) is 11.9 Å². The molecule has 0 bridgehead atoms. The lowest BCUT2D eigenvalue weighted by Crippen LogP contribution is -1.95. The largest absolute Gasteiger partial charge is 0.357 e. The van der Waals surface area contributed by atoms with Crippen LogP contribution in [0.1, 0.15) is 11.3 Å². The van der Waals surface area contributed by atoms with Crippen molar-refractivity contribution in [3.63, 3.8) is 0 Å². The van der Waals surface area contributed by atoms with Crippen LogP contribution in [0.4, 0.5) is 0 Å². The van der Waals surface area contributed by atoms with Gasteiger partial charge in [-0.15, -0.1) is 10.2 Å². The molecule has 0 saturated heterocycles. The Kier molecular flexibility index (Phi) is 2.24. The smallest absolute Gasteiger partial charge is 0.138 e. The quantitative estimate of drug-likeness (QED) is 0.726. The van der Waals surface area contributed by atoms with Crippen LogP contribution in [0.25, 0.3) is 11.4 Å². The Morgan fingerprint density at radius 1 is 1.50 bits per heavy atom. The molecule has 3 N–H and O–H groups in total. The summed E-state index contributed by atoms with van der Waals surface area (Å²) in [4.78, 5) is 7.09. The second kappa shape index (κ2) is 3.55. The van der Waals surface area contributed by atoms with E-state index in [-0.39, 0.29) is 0 Å². The average molecular weight is 189 g/mol. The fourth-order valence-corrected chi connectivity index (χ4v) is 1.32. The summed E-state index contributed by atoms with van der Waals surface area (Å²) in [7, 11) is 0. The highest BCUT2D eigenvalue weighted by Gasteiger charge is 2.05. The maximum absolute atomic E-state index is 5.57. The van der Waals surface area contributed by atoms with Crippen LogP contribution in [-0.2, 0) is 6.54 Å². The molecule has 0 saturated carbocycles. The zero-order valence-electron chi connectivity index (χ0n) is 7.86. The van der Waals surface area contributed by atoms with Crippen molar-refractivity contribution in [2.75, 3.05) is 0 Å². The van der Waals surface area contributed by atoms with Gasteiger partial charge in [-0.1, -0.05) is 0 Å². The van der Waals surface area contributed by atoms with Crippen molar-refractivity contribution in [2.24, 2.45) is 5.73 Å². The zero-order chi connectivity index (χ0) is 9.97. The molecule has 2 heterocycles. The van der Waals surface area contributed by atoms with Crippen LogP contribution in [0.2, 0.25) is 0 Å². The molecule has 72 valence electrons. The van der Waals surface area contributed by atoms with Crippen molar-refractivity contribution in [1.29, 1.82) is 0 Å². The van der Waals surface area contributed by atoms with Crippen LogP contribution >= 0.6 is 0 Å². The molecular formula is C9H11N5. The number of hydrogen-bond acceptors (Lipinski definition) is 4. The number of nitrogens with two attached hydrogens (primary N) is 1. The van der Waals surface area contributed by atoms with Gasteiger partial charge in [-0.25, -0.2) is 4.98 Å². The van der Waals surface area contributed by atoms with Crippen molar-refractivity contribution in [1.82, 2.24) is 20.2 Å². The summed E-state index contributed by atoms with van der Waals surface area (Å²) in [6, 6.07) is 1.97. The first-order valence-electron chi connectivity index (χ1n) is 4.33. The Balaban J connectivity index is 2.43. The summed E-state index contributed by atoms with van der Waals surface area (Å²) in [5, 5.41) is 7.67. The van der Waals surface area contributed by atoms with Crippen LogP contribution in [0.15, 0.2) is 18.6 Å².